The quantitative estimate of drug-likeness (QED) is 0.891. The van der Waals surface area contributed by atoms with E-state index in [4.69, 9.17) is 5.11 Å². The number of aryl methyl sites for hydroxylation is 2. The van der Waals surface area contributed by atoms with Gasteiger partial charge in [0.15, 0.2) is 0 Å². The number of aromatic carboxylic acids is 1. The number of hydrogen-bond donors (Lipinski definition) is 2. The number of anilines is 1. The van der Waals surface area contributed by atoms with Crippen LogP contribution in [0.5, 0.6) is 0 Å². The third-order valence-electron chi connectivity index (χ3n) is 2.72. The highest BCUT2D eigenvalue weighted by Crippen LogP contribution is 2.11. The van der Waals surface area contributed by atoms with E-state index in [0.29, 0.717) is 17.1 Å². The molecular weight excluding hydrogens is 258 g/mol. The Hall–Kier alpha value is -2.76. The first kappa shape index (κ1) is 13.7. The zero-order chi connectivity index (χ0) is 14.7. The van der Waals surface area contributed by atoms with E-state index in [1.165, 1.54) is 18.3 Å². The lowest BCUT2D eigenvalue weighted by molar-refractivity contribution is 0.0696. The first-order valence-corrected chi connectivity index (χ1v) is 5.92. The van der Waals surface area contributed by atoms with Crippen LogP contribution in [0.15, 0.2) is 30.5 Å². The van der Waals surface area contributed by atoms with Crippen LogP contribution in [0.25, 0.3) is 0 Å². The number of amides is 1. The van der Waals surface area contributed by atoms with E-state index in [9.17, 15) is 9.59 Å². The molecule has 6 nitrogen and oxygen atoms in total. The Balaban J connectivity index is 2.17. The van der Waals surface area contributed by atoms with E-state index in [1.807, 2.05) is 6.92 Å². The van der Waals surface area contributed by atoms with Crippen molar-refractivity contribution in [1.82, 2.24) is 9.97 Å². The molecule has 0 aliphatic heterocycles. The Morgan fingerprint density at radius 2 is 1.90 bits per heavy atom. The van der Waals surface area contributed by atoms with E-state index in [-0.39, 0.29) is 11.5 Å². The molecule has 0 spiro atoms. The van der Waals surface area contributed by atoms with Gasteiger partial charge in [0.1, 0.15) is 5.82 Å². The number of carbonyl (C=O) groups is 2. The van der Waals surface area contributed by atoms with E-state index < -0.39 is 5.97 Å². The lowest BCUT2D eigenvalue weighted by atomic mass is 10.1. The van der Waals surface area contributed by atoms with Gasteiger partial charge in [0, 0.05) is 11.9 Å². The Bertz CT molecular complexity index is 666. The average molecular weight is 271 g/mol. The fourth-order valence-electron chi connectivity index (χ4n) is 1.70. The number of nitrogens with one attached hydrogen (secondary N) is 1. The van der Waals surface area contributed by atoms with Crippen LogP contribution in [0, 0.1) is 13.8 Å². The Kier molecular flexibility index (Phi) is 3.74. The molecule has 6 heteroatoms. The summed E-state index contributed by atoms with van der Waals surface area (Å²) in [5.74, 6) is -1.10. The number of carboxylic acids is 1. The van der Waals surface area contributed by atoms with Gasteiger partial charge in [-0.15, -0.1) is 0 Å². The maximum Gasteiger partial charge on any atom is 0.337 e. The van der Waals surface area contributed by atoms with Crippen LogP contribution in [0.4, 0.5) is 5.82 Å². The summed E-state index contributed by atoms with van der Waals surface area (Å²) >= 11 is 0. The Labute approximate surface area is 115 Å². The smallest absolute Gasteiger partial charge is 0.337 e. The van der Waals surface area contributed by atoms with Gasteiger partial charge in [-0.25, -0.2) is 9.78 Å². The molecule has 0 aromatic carbocycles. The van der Waals surface area contributed by atoms with Gasteiger partial charge in [-0.3, -0.25) is 9.78 Å². The van der Waals surface area contributed by atoms with Crippen molar-refractivity contribution in [3.8, 4) is 0 Å². The zero-order valence-corrected chi connectivity index (χ0v) is 11.0. The van der Waals surface area contributed by atoms with Crippen molar-refractivity contribution in [1.29, 1.82) is 0 Å². The van der Waals surface area contributed by atoms with Crippen LogP contribution < -0.4 is 5.32 Å². The van der Waals surface area contributed by atoms with Crippen LogP contribution >= 0.6 is 0 Å². The van der Waals surface area contributed by atoms with Gasteiger partial charge >= 0.3 is 5.97 Å². The predicted molar refractivity (Wildman–Crippen MR) is 72.9 cm³/mol. The molecule has 0 saturated heterocycles. The van der Waals surface area contributed by atoms with Gasteiger partial charge < -0.3 is 10.4 Å². The van der Waals surface area contributed by atoms with Crippen molar-refractivity contribution in [3.05, 3.63) is 53.0 Å². The number of carbonyl (C=O) groups excluding carboxylic acids is 1. The molecule has 102 valence electrons. The predicted octanol–water partition coefficient (Wildman–Crippen LogP) is 2.04. The minimum atomic E-state index is -1.06. The molecule has 0 saturated carbocycles. The fraction of sp³-hybridized carbons (Fsp3) is 0.143. The second kappa shape index (κ2) is 5.48. The lowest BCUT2D eigenvalue weighted by Crippen LogP contribution is -2.15. The molecule has 1 amide bonds. The van der Waals surface area contributed by atoms with Gasteiger partial charge in [-0.1, -0.05) is 0 Å². The maximum atomic E-state index is 12.1. The first-order valence-electron chi connectivity index (χ1n) is 5.92. The van der Waals surface area contributed by atoms with E-state index in [1.54, 1.807) is 19.1 Å². The van der Waals surface area contributed by atoms with Gasteiger partial charge in [-0.05, 0) is 38.1 Å². The number of pyridine rings is 2. The van der Waals surface area contributed by atoms with Crippen LogP contribution in [0.3, 0.4) is 0 Å². The standard InChI is InChI=1S/C14H13N3O3/c1-8-3-5-11(9(2)16-8)13(18)17-12-6-4-10(7-15-12)14(19)20/h3-7H,1-2H3,(H,19,20)(H,15,17,18). The highest BCUT2D eigenvalue weighted by atomic mass is 16.4. The normalized spacial score (nSPS) is 10.1. The van der Waals surface area contributed by atoms with Gasteiger partial charge in [0.25, 0.3) is 5.91 Å². The summed E-state index contributed by atoms with van der Waals surface area (Å²) in [7, 11) is 0. The molecule has 0 unspecified atom stereocenters. The Morgan fingerprint density at radius 3 is 2.45 bits per heavy atom. The van der Waals surface area contributed by atoms with Gasteiger partial charge in [-0.2, -0.15) is 0 Å². The maximum absolute atomic E-state index is 12.1. The first-order chi connectivity index (χ1) is 9.47. The van der Waals surface area contributed by atoms with Crippen LogP contribution in [-0.4, -0.2) is 27.0 Å². The van der Waals surface area contributed by atoms with Crippen LogP contribution in [0.2, 0.25) is 0 Å². The van der Waals surface area contributed by atoms with Crippen molar-refractivity contribution < 1.29 is 14.7 Å². The van der Waals surface area contributed by atoms with Crippen molar-refractivity contribution in [2.45, 2.75) is 13.8 Å². The number of aromatic nitrogens is 2. The molecule has 2 aromatic heterocycles. The van der Waals surface area contributed by atoms with E-state index >= 15 is 0 Å². The lowest BCUT2D eigenvalue weighted by Gasteiger charge is -2.07. The van der Waals surface area contributed by atoms with Crippen LogP contribution in [0.1, 0.15) is 32.1 Å². The van der Waals surface area contributed by atoms with Crippen LogP contribution in [-0.2, 0) is 0 Å². The average Bonchev–Trinajstić information content (AvgIpc) is 2.39. The van der Waals surface area contributed by atoms with Crippen molar-refractivity contribution in [2.24, 2.45) is 0 Å². The number of carboxylic acid groups (broad SMARTS) is 1. The molecule has 2 heterocycles. The molecule has 0 fully saturated rings. The number of nitrogens with zero attached hydrogens (tertiary/aromatic N) is 2. The third-order valence-corrected chi connectivity index (χ3v) is 2.72. The topological polar surface area (TPSA) is 92.2 Å². The third kappa shape index (κ3) is 2.97. The molecule has 0 aliphatic carbocycles. The molecule has 0 radical (unpaired) electrons. The van der Waals surface area contributed by atoms with Gasteiger partial charge in [0.05, 0.1) is 16.8 Å². The molecule has 0 atom stereocenters. The summed E-state index contributed by atoms with van der Waals surface area (Å²) in [5, 5.41) is 11.4. The fourth-order valence-corrected chi connectivity index (χ4v) is 1.70. The molecule has 0 aliphatic rings. The molecule has 2 aromatic rings. The summed E-state index contributed by atoms with van der Waals surface area (Å²) in [6.07, 6.45) is 1.19. The number of hydrogen-bond acceptors (Lipinski definition) is 4. The molecule has 2 rings (SSSR count). The van der Waals surface area contributed by atoms with Crippen molar-refractivity contribution in [3.63, 3.8) is 0 Å². The Morgan fingerprint density at radius 1 is 1.15 bits per heavy atom. The van der Waals surface area contributed by atoms with E-state index in [0.717, 1.165) is 5.69 Å². The zero-order valence-electron chi connectivity index (χ0n) is 11.0. The molecular formula is C14H13N3O3. The highest BCUT2D eigenvalue weighted by Gasteiger charge is 2.11. The molecule has 0 bridgehead atoms. The minimum Gasteiger partial charge on any atom is -0.478 e. The second-order valence-electron chi connectivity index (χ2n) is 4.28. The van der Waals surface area contributed by atoms with Crippen molar-refractivity contribution >= 4 is 17.7 Å². The summed E-state index contributed by atoms with van der Waals surface area (Å²) in [5.41, 5.74) is 1.99. The largest absolute Gasteiger partial charge is 0.478 e. The van der Waals surface area contributed by atoms with Gasteiger partial charge in [0.2, 0.25) is 0 Å². The van der Waals surface area contributed by atoms with E-state index in [2.05, 4.69) is 15.3 Å². The second-order valence-corrected chi connectivity index (χ2v) is 4.28. The van der Waals surface area contributed by atoms with Crippen molar-refractivity contribution in [2.75, 3.05) is 5.32 Å². The summed E-state index contributed by atoms with van der Waals surface area (Å²) < 4.78 is 0. The number of rotatable bonds is 3. The summed E-state index contributed by atoms with van der Waals surface area (Å²) in [6, 6.07) is 6.27. The minimum absolute atomic E-state index is 0.0659. The summed E-state index contributed by atoms with van der Waals surface area (Å²) in [4.78, 5) is 30.8. The monoisotopic (exact) mass is 271 g/mol. The molecule has 2 N–H and O–H groups in total. The molecule has 20 heavy (non-hydrogen) atoms. The summed E-state index contributed by atoms with van der Waals surface area (Å²) in [6.45, 7) is 3.60. The highest BCUT2D eigenvalue weighted by molar-refractivity contribution is 6.04. The SMILES string of the molecule is Cc1ccc(C(=O)Nc2ccc(C(=O)O)cn2)c(C)n1.